The Bertz CT molecular complexity index is 1470. The van der Waals surface area contributed by atoms with Gasteiger partial charge in [0.2, 0.25) is 5.95 Å². The number of benzene rings is 2. The van der Waals surface area contributed by atoms with Crippen molar-refractivity contribution in [3.8, 4) is 11.5 Å². The summed E-state index contributed by atoms with van der Waals surface area (Å²) in [6.07, 6.45) is 1.30. The summed E-state index contributed by atoms with van der Waals surface area (Å²) < 4.78 is 1.39. The van der Waals surface area contributed by atoms with Gasteiger partial charge in [-0.05, 0) is 6.07 Å². The van der Waals surface area contributed by atoms with Crippen molar-refractivity contribution in [3.05, 3.63) is 74.8 Å². The molecule has 0 radical (unpaired) electrons. The summed E-state index contributed by atoms with van der Waals surface area (Å²) in [5, 5.41) is 21.3. The number of phenolic OH excluding ortho intramolecular Hbond substituents is 2. The first-order chi connectivity index (χ1) is 14.4. The second-order valence-electron chi connectivity index (χ2n) is 6.85. The molecule has 0 saturated carbocycles. The fourth-order valence-corrected chi connectivity index (χ4v) is 3.68. The lowest BCUT2D eigenvalue weighted by atomic mass is 9.82. The minimum atomic E-state index is -0.535. The topological polar surface area (TPSA) is 164 Å². The smallest absolute Gasteiger partial charge is 0.280 e. The number of carbonyl (C=O) groups is 2. The number of nitrogen functional groups attached to an aromatic ring is 1. The van der Waals surface area contributed by atoms with Crippen LogP contribution in [0.4, 0.5) is 5.95 Å². The highest BCUT2D eigenvalue weighted by molar-refractivity contribution is 6.29. The molecule has 4 aromatic rings. The molecule has 2 aromatic carbocycles. The van der Waals surface area contributed by atoms with Crippen LogP contribution in [0.25, 0.3) is 11.2 Å². The van der Waals surface area contributed by atoms with Crippen molar-refractivity contribution in [3.63, 3.8) is 0 Å². The summed E-state index contributed by atoms with van der Waals surface area (Å²) in [5.41, 5.74) is 5.33. The summed E-state index contributed by atoms with van der Waals surface area (Å²) in [5.74, 6) is -2.01. The van der Waals surface area contributed by atoms with Crippen molar-refractivity contribution in [2.75, 3.05) is 5.73 Å². The molecular formula is C20H13N5O5. The van der Waals surface area contributed by atoms with E-state index in [0.717, 1.165) is 6.07 Å². The molecule has 0 fully saturated rings. The van der Waals surface area contributed by atoms with E-state index in [-0.39, 0.29) is 57.2 Å². The van der Waals surface area contributed by atoms with Gasteiger partial charge in [-0.3, -0.25) is 19.4 Å². The van der Waals surface area contributed by atoms with E-state index in [0.29, 0.717) is 0 Å². The van der Waals surface area contributed by atoms with Gasteiger partial charge in [-0.2, -0.15) is 4.98 Å². The van der Waals surface area contributed by atoms with E-state index < -0.39 is 22.9 Å². The quantitative estimate of drug-likeness (QED) is 0.338. The largest absolute Gasteiger partial charge is 0.507 e. The Morgan fingerprint density at radius 3 is 2.47 bits per heavy atom. The summed E-state index contributed by atoms with van der Waals surface area (Å²) in [6.45, 7) is -0.166. The van der Waals surface area contributed by atoms with Gasteiger partial charge in [0.25, 0.3) is 5.56 Å². The number of aromatic nitrogens is 4. The third-order valence-corrected chi connectivity index (χ3v) is 5.09. The fourth-order valence-electron chi connectivity index (χ4n) is 3.68. The van der Waals surface area contributed by atoms with Crippen LogP contribution in [0.15, 0.2) is 41.5 Å². The molecule has 0 aliphatic heterocycles. The van der Waals surface area contributed by atoms with E-state index in [2.05, 4.69) is 15.0 Å². The lowest BCUT2D eigenvalue weighted by Crippen LogP contribution is -2.21. The molecule has 5 rings (SSSR count). The number of imidazole rings is 1. The van der Waals surface area contributed by atoms with Crippen molar-refractivity contribution in [2.45, 2.75) is 6.54 Å². The summed E-state index contributed by atoms with van der Waals surface area (Å²) in [7, 11) is 0. The number of hydrogen-bond acceptors (Lipinski definition) is 8. The SMILES string of the molecule is Nc1nc2c(ncn2Cc2c(O)cc3c(c2O)C(=O)c2ccccc2C3=O)c(=O)[nH]1. The maximum atomic E-state index is 13.0. The Hall–Kier alpha value is -4.47. The highest BCUT2D eigenvalue weighted by atomic mass is 16.3. The van der Waals surface area contributed by atoms with Crippen LogP contribution < -0.4 is 11.3 Å². The van der Waals surface area contributed by atoms with Crippen LogP contribution in [0.3, 0.4) is 0 Å². The summed E-state index contributed by atoms with van der Waals surface area (Å²) >= 11 is 0. The van der Waals surface area contributed by atoms with Crippen molar-refractivity contribution in [2.24, 2.45) is 0 Å². The van der Waals surface area contributed by atoms with Gasteiger partial charge in [-0.25, -0.2) is 4.98 Å². The van der Waals surface area contributed by atoms with E-state index in [1.54, 1.807) is 12.1 Å². The van der Waals surface area contributed by atoms with Gasteiger partial charge in [0, 0.05) is 16.7 Å². The van der Waals surface area contributed by atoms with Gasteiger partial charge < -0.3 is 20.5 Å². The van der Waals surface area contributed by atoms with Crippen LogP contribution in [-0.4, -0.2) is 41.3 Å². The third kappa shape index (κ3) is 2.33. The second kappa shape index (κ2) is 6.01. The number of fused-ring (bicyclic) bond motifs is 3. The second-order valence-corrected chi connectivity index (χ2v) is 6.85. The maximum absolute atomic E-state index is 13.0. The zero-order valence-corrected chi connectivity index (χ0v) is 15.2. The molecule has 0 spiro atoms. The van der Waals surface area contributed by atoms with Crippen molar-refractivity contribution >= 4 is 28.7 Å². The van der Waals surface area contributed by atoms with Crippen LogP contribution >= 0.6 is 0 Å². The minimum Gasteiger partial charge on any atom is -0.507 e. The molecule has 0 saturated heterocycles. The molecule has 0 bridgehead atoms. The van der Waals surface area contributed by atoms with E-state index in [4.69, 9.17) is 5.73 Å². The number of carbonyl (C=O) groups excluding carboxylic acids is 2. The Labute approximate surface area is 167 Å². The molecule has 10 nitrogen and oxygen atoms in total. The number of H-pyrrole nitrogens is 1. The Morgan fingerprint density at radius 1 is 1.03 bits per heavy atom. The van der Waals surface area contributed by atoms with E-state index in [9.17, 15) is 24.6 Å². The molecule has 10 heteroatoms. The van der Waals surface area contributed by atoms with Crippen LogP contribution in [0.1, 0.15) is 37.4 Å². The van der Waals surface area contributed by atoms with E-state index >= 15 is 0 Å². The van der Waals surface area contributed by atoms with Crippen molar-refractivity contribution in [1.29, 1.82) is 0 Å². The van der Waals surface area contributed by atoms with Crippen molar-refractivity contribution < 1.29 is 19.8 Å². The van der Waals surface area contributed by atoms with Gasteiger partial charge in [0.15, 0.2) is 22.7 Å². The van der Waals surface area contributed by atoms with E-state index in [1.807, 2.05) is 0 Å². The molecular weight excluding hydrogens is 390 g/mol. The van der Waals surface area contributed by atoms with Crippen LogP contribution in [-0.2, 0) is 6.54 Å². The molecule has 1 aliphatic rings. The molecule has 0 atom stereocenters. The Balaban J connectivity index is 1.68. The Kier molecular flexibility index (Phi) is 3.53. The molecule has 2 heterocycles. The molecule has 148 valence electrons. The predicted octanol–water partition coefficient (Wildman–Crippen LogP) is 0.937. The number of hydrogen-bond donors (Lipinski definition) is 4. The minimum absolute atomic E-state index is 0.0192. The summed E-state index contributed by atoms with van der Waals surface area (Å²) in [6, 6.07) is 7.44. The molecule has 0 amide bonds. The average molecular weight is 403 g/mol. The molecule has 30 heavy (non-hydrogen) atoms. The molecule has 2 aromatic heterocycles. The lowest BCUT2D eigenvalue weighted by Gasteiger charge is -2.21. The highest BCUT2D eigenvalue weighted by Gasteiger charge is 2.34. The number of phenols is 2. The number of ketones is 2. The first-order valence-electron chi connectivity index (χ1n) is 8.83. The van der Waals surface area contributed by atoms with Gasteiger partial charge >= 0.3 is 0 Å². The number of aromatic amines is 1. The maximum Gasteiger partial charge on any atom is 0.280 e. The monoisotopic (exact) mass is 403 g/mol. The number of anilines is 1. The lowest BCUT2D eigenvalue weighted by molar-refractivity contribution is 0.0976. The van der Waals surface area contributed by atoms with Crippen molar-refractivity contribution in [1.82, 2.24) is 19.5 Å². The molecule has 0 unspecified atom stereocenters. The molecule has 1 aliphatic carbocycles. The van der Waals surface area contributed by atoms with Gasteiger partial charge in [-0.1, -0.05) is 24.3 Å². The van der Waals surface area contributed by atoms with Crippen LogP contribution in [0.5, 0.6) is 11.5 Å². The zero-order chi connectivity index (χ0) is 21.2. The highest BCUT2D eigenvalue weighted by Crippen LogP contribution is 2.39. The standard InChI is InChI=1S/C20H13N5O5/c21-20-23-18-14(19(30)24-20)22-7-25(18)6-11-12(26)5-10-13(17(11)29)16(28)9-4-2-1-3-8(9)15(10)27/h1-5,7,26,29H,6H2,(H3,21,23,24,30). The number of nitrogens with one attached hydrogen (secondary N) is 1. The predicted molar refractivity (Wildman–Crippen MR) is 105 cm³/mol. The van der Waals surface area contributed by atoms with Gasteiger partial charge in [0.05, 0.1) is 24.0 Å². The van der Waals surface area contributed by atoms with Crippen LogP contribution in [0.2, 0.25) is 0 Å². The Morgan fingerprint density at radius 2 is 1.73 bits per heavy atom. The summed E-state index contributed by atoms with van der Waals surface area (Å²) in [4.78, 5) is 48.0. The number of rotatable bonds is 2. The average Bonchev–Trinajstić information content (AvgIpc) is 3.12. The number of nitrogens with zero attached hydrogens (tertiary/aromatic N) is 3. The molecule has 5 N–H and O–H groups in total. The van der Waals surface area contributed by atoms with Gasteiger partial charge in [-0.15, -0.1) is 0 Å². The third-order valence-electron chi connectivity index (χ3n) is 5.09. The fraction of sp³-hybridized carbons (Fsp3) is 0.0500. The van der Waals surface area contributed by atoms with E-state index in [1.165, 1.54) is 23.0 Å². The first-order valence-corrected chi connectivity index (χ1v) is 8.83. The normalized spacial score (nSPS) is 12.8. The first kappa shape index (κ1) is 17.6. The van der Waals surface area contributed by atoms with Crippen LogP contribution in [0, 0.1) is 0 Å². The number of nitrogens with two attached hydrogens (primary N) is 1. The van der Waals surface area contributed by atoms with Gasteiger partial charge in [0.1, 0.15) is 11.5 Å². The number of aromatic hydroxyl groups is 2. The zero-order valence-electron chi connectivity index (χ0n) is 15.2.